The van der Waals surface area contributed by atoms with Gasteiger partial charge < -0.3 is 10.2 Å². The highest BCUT2D eigenvalue weighted by molar-refractivity contribution is 7.92. The summed E-state index contributed by atoms with van der Waals surface area (Å²) < 4.78 is 26.5. The van der Waals surface area contributed by atoms with Crippen LogP contribution in [0.3, 0.4) is 0 Å². The normalized spacial score (nSPS) is 18.7. The number of rotatable bonds is 9. The minimum absolute atomic E-state index is 0.0117. The van der Waals surface area contributed by atoms with E-state index in [0.717, 1.165) is 26.1 Å². The first-order valence-electron chi connectivity index (χ1n) is 10.2. The van der Waals surface area contributed by atoms with Gasteiger partial charge in [0.1, 0.15) is 0 Å². The first-order chi connectivity index (χ1) is 15.8. The van der Waals surface area contributed by atoms with E-state index in [4.69, 9.17) is 16.4 Å². The number of carbonyl (C=O) groups is 1. The van der Waals surface area contributed by atoms with Gasteiger partial charge in [0.15, 0.2) is 5.82 Å². The van der Waals surface area contributed by atoms with Gasteiger partial charge in [-0.15, -0.1) is 11.3 Å². The topological polar surface area (TPSA) is 91.8 Å². The van der Waals surface area contributed by atoms with Gasteiger partial charge in [-0.2, -0.15) is 8.42 Å². The molecule has 1 N–H and O–H groups in total. The van der Waals surface area contributed by atoms with Crippen LogP contribution >= 0.6 is 22.9 Å². The van der Waals surface area contributed by atoms with Crippen molar-refractivity contribution in [1.29, 1.82) is 0 Å². The lowest BCUT2D eigenvalue weighted by molar-refractivity contribution is -0.128. The maximum absolute atomic E-state index is 13.0. The number of thiazole rings is 1. The zero-order valence-corrected chi connectivity index (χ0v) is 20.2. The number of hydrogen-bond acceptors (Lipinski definition) is 8. The van der Waals surface area contributed by atoms with Gasteiger partial charge in [0.05, 0.1) is 21.1 Å². The highest BCUT2D eigenvalue weighted by Crippen LogP contribution is 2.33. The van der Waals surface area contributed by atoms with Crippen LogP contribution in [0.15, 0.2) is 64.3 Å². The van der Waals surface area contributed by atoms with Gasteiger partial charge in [0, 0.05) is 30.6 Å². The van der Waals surface area contributed by atoms with E-state index in [0.29, 0.717) is 10.2 Å². The largest absolute Gasteiger partial charge is 0.377 e. The number of hydrogen-bond donors (Lipinski definition) is 1. The monoisotopic (exact) mass is 506 g/mol. The fourth-order valence-electron chi connectivity index (χ4n) is 3.88. The van der Waals surface area contributed by atoms with Crippen LogP contribution < -0.4 is 9.79 Å². The summed E-state index contributed by atoms with van der Waals surface area (Å²) in [7, 11) is -4.21. The molecule has 1 fully saturated rings. The lowest BCUT2D eigenvalue weighted by atomic mass is 10.0. The molecule has 3 aromatic rings. The Bertz CT molecular complexity index is 1210. The summed E-state index contributed by atoms with van der Waals surface area (Å²) in [6.45, 7) is 4.79. The molecule has 0 unspecified atom stereocenters. The third-order valence-corrected chi connectivity index (χ3v) is 7.89. The smallest absolute Gasteiger partial charge is 0.322 e. The number of anilines is 2. The minimum atomic E-state index is -4.21. The van der Waals surface area contributed by atoms with Crippen molar-refractivity contribution in [2.24, 2.45) is 0 Å². The van der Waals surface area contributed by atoms with E-state index in [1.54, 1.807) is 6.07 Å². The van der Waals surface area contributed by atoms with Crippen LogP contribution in [0, 0.1) is 0 Å². The van der Waals surface area contributed by atoms with Gasteiger partial charge in [-0.25, -0.2) is 4.98 Å². The molecule has 8 nitrogen and oxygen atoms in total. The molecule has 174 valence electrons. The fraction of sp³-hybridized carbons (Fsp3) is 0.273. The van der Waals surface area contributed by atoms with Gasteiger partial charge in [0.25, 0.3) is 10.0 Å². The predicted octanol–water partition coefficient (Wildman–Crippen LogP) is 4.16. The summed E-state index contributed by atoms with van der Waals surface area (Å²) in [6, 6.07) is 14.7. The average Bonchev–Trinajstić information content (AvgIpc) is 3.44. The summed E-state index contributed by atoms with van der Waals surface area (Å²) in [4.78, 5) is 21.8. The molecule has 1 aromatic heterocycles. The average molecular weight is 507 g/mol. The second-order valence-electron chi connectivity index (χ2n) is 8.05. The number of likely N-dealkylation sites (tertiary alicyclic amines) is 1. The van der Waals surface area contributed by atoms with Crippen LogP contribution in [-0.4, -0.2) is 43.4 Å². The van der Waals surface area contributed by atoms with Crippen LogP contribution in [0.5, 0.6) is 0 Å². The van der Waals surface area contributed by atoms with E-state index in [1.807, 2.05) is 18.2 Å². The maximum Gasteiger partial charge on any atom is 0.322 e. The molecule has 2 heterocycles. The number of benzene rings is 2. The van der Waals surface area contributed by atoms with E-state index in [-0.39, 0.29) is 27.7 Å². The second kappa shape index (κ2) is 9.68. The molecular weight excluding hydrogens is 484 g/mol. The molecule has 1 atom stereocenters. The highest BCUT2D eigenvalue weighted by Gasteiger charge is 2.34. The number of halogens is 1. The molecule has 0 spiro atoms. The van der Waals surface area contributed by atoms with Crippen molar-refractivity contribution in [3.63, 3.8) is 0 Å². The Balaban J connectivity index is 1.49. The summed E-state index contributed by atoms with van der Waals surface area (Å²) in [5, 5.41) is 5.19. The van der Waals surface area contributed by atoms with Gasteiger partial charge in [-0.05, 0) is 37.1 Å². The number of nitrogens with one attached hydrogen (secondary N) is 1. The number of carbonyl (C=O) groups excluding carboxylic acids is 1. The van der Waals surface area contributed by atoms with E-state index in [9.17, 15) is 13.2 Å². The van der Waals surface area contributed by atoms with E-state index in [2.05, 4.69) is 34.3 Å². The molecule has 0 radical (unpaired) electrons. The first-order valence-corrected chi connectivity index (χ1v) is 12.9. The predicted molar refractivity (Wildman–Crippen MR) is 129 cm³/mol. The number of sulfonamides is 1. The summed E-state index contributed by atoms with van der Waals surface area (Å²) >= 11 is 7.64. The standard InChI is InChI=1S/C22H23ClN4O4S2/c1-22(9-10-26(14-22)12-17-5-3-2-4-6-17)25-20-8-7-18(11-19(20)23)33(29,30)27(31-16-28)21-13-32-15-24-21/h2-8,11,13,15-16,25H,9-10,12,14H2,1H3/t22-/m1/s1. The Morgan fingerprint density at radius 3 is 2.76 bits per heavy atom. The van der Waals surface area contributed by atoms with Crippen molar-refractivity contribution in [2.75, 3.05) is 22.9 Å². The molecule has 0 amide bonds. The van der Waals surface area contributed by atoms with Crippen molar-refractivity contribution in [3.8, 4) is 0 Å². The van der Waals surface area contributed by atoms with Crippen LogP contribution in [0.1, 0.15) is 18.9 Å². The van der Waals surface area contributed by atoms with Crippen molar-refractivity contribution in [3.05, 3.63) is 70.0 Å². The van der Waals surface area contributed by atoms with E-state index in [1.165, 1.54) is 39.9 Å². The second-order valence-corrected chi connectivity index (χ2v) is 10.9. The molecule has 0 aliphatic carbocycles. The first kappa shape index (κ1) is 23.5. The van der Waals surface area contributed by atoms with Crippen molar-refractivity contribution in [2.45, 2.75) is 30.3 Å². The maximum atomic E-state index is 13.0. The zero-order chi connectivity index (χ0) is 23.5. The Kier molecular flexibility index (Phi) is 6.89. The summed E-state index contributed by atoms with van der Waals surface area (Å²) in [5.74, 6) is -0.0117. The zero-order valence-electron chi connectivity index (χ0n) is 17.8. The molecular formula is C22H23ClN4O4S2. The van der Waals surface area contributed by atoms with Crippen molar-refractivity contribution >= 4 is 50.9 Å². The van der Waals surface area contributed by atoms with E-state index < -0.39 is 10.0 Å². The lowest BCUT2D eigenvalue weighted by Gasteiger charge is -2.28. The van der Waals surface area contributed by atoms with Crippen LogP contribution in [-0.2, 0) is 26.2 Å². The molecule has 1 saturated heterocycles. The van der Waals surface area contributed by atoms with Gasteiger partial charge in [-0.1, -0.05) is 46.4 Å². The molecule has 0 saturated carbocycles. The van der Waals surface area contributed by atoms with Gasteiger partial charge >= 0.3 is 6.47 Å². The Hall–Kier alpha value is -2.66. The lowest BCUT2D eigenvalue weighted by Crippen LogP contribution is -2.38. The molecule has 11 heteroatoms. The minimum Gasteiger partial charge on any atom is -0.377 e. The summed E-state index contributed by atoms with van der Waals surface area (Å²) in [5.41, 5.74) is 3.12. The number of nitrogens with zero attached hydrogens (tertiary/aromatic N) is 3. The molecule has 1 aliphatic heterocycles. The van der Waals surface area contributed by atoms with Crippen LogP contribution in [0.25, 0.3) is 0 Å². The molecule has 1 aliphatic rings. The van der Waals surface area contributed by atoms with Crippen molar-refractivity contribution in [1.82, 2.24) is 9.88 Å². The van der Waals surface area contributed by atoms with Crippen molar-refractivity contribution < 1.29 is 18.0 Å². The molecule has 33 heavy (non-hydrogen) atoms. The SMILES string of the molecule is C[C@@]1(Nc2ccc(S(=O)(=O)N(OC=O)c3cscn3)cc2Cl)CCN(Cc2ccccc2)C1. The van der Waals surface area contributed by atoms with Crippen LogP contribution in [0.4, 0.5) is 11.5 Å². The molecule has 0 bridgehead atoms. The van der Waals surface area contributed by atoms with Crippen LogP contribution in [0.2, 0.25) is 5.02 Å². The molecule has 2 aromatic carbocycles. The number of aromatic nitrogens is 1. The fourth-order valence-corrected chi connectivity index (χ4v) is 5.94. The third kappa shape index (κ3) is 5.30. The quantitative estimate of drug-likeness (QED) is 0.344. The van der Waals surface area contributed by atoms with E-state index >= 15 is 0 Å². The Morgan fingerprint density at radius 1 is 1.30 bits per heavy atom. The summed E-state index contributed by atoms with van der Waals surface area (Å²) in [6.07, 6.45) is 0.918. The molecule has 4 rings (SSSR count). The highest BCUT2D eigenvalue weighted by atomic mass is 35.5. The van der Waals surface area contributed by atoms with Gasteiger partial charge in [0.2, 0.25) is 0 Å². The third-order valence-electron chi connectivity index (χ3n) is 5.44. The Morgan fingerprint density at radius 2 is 2.09 bits per heavy atom. The Labute approximate surface area is 201 Å². The van der Waals surface area contributed by atoms with Gasteiger partial charge in [-0.3, -0.25) is 9.69 Å².